The van der Waals surface area contributed by atoms with Gasteiger partial charge in [0.05, 0.1) is 31.6 Å². The number of rotatable bonds is 5. The number of amides is 1. The number of hydrogen-bond donors (Lipinski definition) is 2. The first-order chi connectivity index (χ1) is 15.1. The summed E-state index contributed by atoms with van der Waals surface area (Å²) in [6.45, 7) is 1.36. The Morgan fingerprint density at radius 1 is 1.23 bits per heavy atom. The zero-order chi connectivity index (χ0) is 21.8. The minimum atomic E-state index is -0.589. The molecule has 0 aromatic carbocycles. The second-order valence-corrected chi connectivity index (χ2v) is 6.62. The average molecular weight is 424 g/mol. The summed E-state index contributed by atoms with van der Waals surface area (Å²) in [5.41, 5.74) is 0.845. The first kappa shape index (κ1) is 20.3. The fraction of sp³-hybridized carbons (Fsp3) is 0.316. The Morgan fingerprint density at radius 2 is 2.10 bits per heavy atom. The van der Waals surface area contributed by atoms with E-state index < -0.39 is 11.9 Å². The van der Waals surface area contributed by atoms with E-state index in [1.54, 1.807) is 12.3 Å². The summed E-state index contributed by atoms with van der Waals surface area (Å²) in [5, 5.41) is 13.8. The molecule has 0 saturated heterocycles. The van der Waals surface area contributed by atoms with Crippen LogP contribution in [0.4, 0.5) is 0 Å². The zero-order valence-corrected chi connectivity index (χ0v) is 16.9. The normalized spacial score (nSPS) is 15.5. The van der Waals surface area contributed by atoms with Crippen LogP contribution < -0.4 is 25.7 Å². The molecule has 1 aliphatic heterocycles. The Morgan fingerprint density at radius 3 is 2.84 bits per heavy atom. The largest absolute Gasteiger partial charge is 0.480 e. The molecule has 4 heterocycles. The third kappa shape index (κ3) is 4.19. The van der Waals surface area contributed by atoms with Crippen LogP contribution in [0.2, 0.25) is 0 Å². The Kier molecular flexibility index (Phi) is 5.80. The van der Waals surface area contributed by atoms with Gasteiger partial charge in [-0.25, -0.2) is 15.0 Å². The molecule has 1 aliphatic rings. The van der Waals surface area contributed by atoms with E-state index in [4.69, 9.17) is 9.47 Å². The van der Waals surface area contributed by atoms with Crippen molar-refractivity contribution in [3.63, 3.8) is 0 Å². The summed E-state index contributed by atoms with van der Waals surface area (Å²) in [7, 11) is 2.82. The maximum atomic E-state index is 13.0. The van der Waals surface area contributed by atoms with E-state index in [1.807, 2.05) is 0 Å². The monoisotopic (exact) mass is 424 g/mol. The molecule has 12 heteroatoms. The first-order valence-corrected chi connectivity index (χ1v) is 9.46. The number of nitrogens with one attached hydrogen (secondary N) is 2. The second kappa shape index (κ2) is 8.83. The Balaban J connectivity index is 1.72. The van der Waals surface area contributed by atoms with E-state index in [2.05, 4.69) is 35.8 Å². The third-order valence-electron chi connectivity index (χ3n) is 4.74. The molecule has 0 fully saturated rings. The summed E-state index contributed by atoms with van der Waals surface area (Å²) in [6, 6.07) is 3.94. The molecule has 12 nitrogen and oxygen atoms in total. The number of ether oxygens (including phenoxy) is 2. The van der Waals surface area contributed by atoms with E-state index in [9.17, 15) is 9.59 Å². The lowest BCUT2D eigenvalue weighted by Gasteiger charge is -2.20. The van der Waals surface area contributed by atoms with Gasteiger partial charge in [0.2, 0.25) is 11.8 Å². The van der Waals surface area contributed by atoms with E-state index >= 15 is 0 Å². The number of nitrogens with zero attached hydrogens (tertiary/aromatic N) is 6. The molecule has 0 radical (unpaired) electrons. The molecule has 0 bridgehead atoms. The highest BCUT2D eigenvalue weighted by atomic mass is 16.5. The fourth-order valence-electron chi connectivity index (χ4n) is 3.24. The summed E-state index contributed by atoms with van der Waals surface area (Å²) in [6.07, 6.45) is 2.96. The quantitative estimate of drug-likeness (QED) is 0.554. The van der Waals surface area contributed by atoms with Crippen LogP contribution in [0, 0.1) is 0 Å². The van der Waals surface area contributed by atoms with Crippen LogP contribution in [0.3, 0.4) is 0 Å². The van der Waals surface area contributed by atoms with Crippen molar-refractivity contribution in [3.8, 4) is 23.1 Å². The smallest absolute Gasteiger partial charge is 0.257 e. The number of hydrogen-bond acceptors (Lipinski definition) is 10. The van der Waals surface area contributed by atoms with Crippen LogP contribution in [0.25, 0.3) is 11.4 Å². The maximum absolute atomic E-state index is 13.0. The van der Waals surface area contributed by atoms with E-state index in [0.717, 1.165) is 0 Å². The highest BCUT2D eigenvalue weighted by Crippen LogP contribution is 2.21. The molecule has 0 aliphatic carbocycles. The number of aromatic nitrogens is 6. The summed E-state index contributed by atoms with van der Waals surface area (Å²) < 4.78 is 11.8. The van der Waals surface area contributed by atoms with Gasteiger partial charge >= 0.3 is 0 Å². The molecular formula is C19H20N8O4. The van der Waals surface area contributed by atoms with Gasteiger partial charge in [0.25, 0.3) is 11.5 Å². The van der Waals surface area contributed by atoms with Gasteiger partial charge < -0.3 is 20.1 Å². The van der Waals surface area contributed by atoms with E-state index in [-0.39, 0.29) is 22.9 Å². The van der Waals surface area contributed by atoms with E-state index in [0.29, 0.717) is 36.8 Å². The highest BCUT2D eigenvalue weighted by Gasteiger charge is 2.26. The molecule has 160 valence electrons. The zero-order valence-electron chi connectivity index (χ0n) is 16.9. The molecule has 3 aromatic rings. The lowest BCUT2D eigenvalue weighted by molar-refractivity contribution is 0.0929. The van der Waals surface area contributed by atoms with Crippen LogP contribution in [-0.4, -0.2) is 62.9 Å². The van der Waals surface area contributed by atoms with Gasteiger partial charge in [-0.15, -0.1) is 10.2 Å². The summed E-state index contributed by atoms with van der Waals surface area (Å²) in [5.74, 6) is 0.185. The van der Waals surface area contributed by atoms with Gasteiger partial charge in [0.1, 0.15) is 17.7 Å². The first-order valence-electron chi connectivity index (χ1n) is 9.46. The number of fused-ring (bicyclic) bond motifs is 1. The van der Waals surface area contributed by atoms with Gasteiger partial charge in [-0.3, -0.25) is 14.2 Å². The fourth-order valence-corrected chi connectivity index (χ4v) is 3.24. The molecule has 0 spiro atoms. The van der Waals surface area contributed by atoms with E-state index in [1.165, 1.54) is 37.2 Å². The van der Waals surface area contributed by atoms with Gasteiger partial charge in [0.15, 0.2) is 0 Å². The molecule has 4 rings (SSSR count). The average Bonchev–Trinajstić information content (AvgIpc) is 3.01. The summed E-state index contributed by atoms with van der Waals surface area (Å²) >= 11 is 0. The molecule has 1 unspecified atom stereocenters. The Labute approximate surface area is 176 Å². The van der Waals surface area contributed by atoms with Crippen LogP contribution in [-0.2, 0) is 6.54 Å². The maximum Gasteiger partial charge on any atom is 0.257 e. The molecular weight excluding hydrogens is 404 g/mol. The molecule has 2 N–H and O–H groups in total. The van der Waals surface area contributed by atoms with Crippen molar-refractivity contribution < 1.29 is 14.3 Å². The number of carbonyl (C=O) groups is 1. The second-order valence-electron chi connectivity index (χ2n) is 6.62. The van der Waals surface area contributed by atoms with Crippen LogP contribution in [0.5, 0.6) is 11.8 Å². The topological polar surface area (TPSA) is 146 Å². The van der Waals surface area contributed by atoms with Crippen LogP contribution >= 0.6 is 0 Å². The minimum Gasteiger partial charge on any atom is -0.480 e. The molecule has 1 atom stereocenters. The Hall–Kier alpha value is -3.93. The number of carbonyl (C=O) groups excluding carboxylic acids is 1. The molecule has 1 amide bonds. The van der Waals surface area contributed by atoms with Gasteiger partial charge in [-0.2, -0.15) is 0 Å². The van der Waals surface area contributed by atoms with Gasteiger partial charge in [-0.1, -0.05) is 0 Å². The standard InChI is InChI=1S/C19H20N8O4/c1-30-15-7-11(19(31-2)26-25-15)18(29)24-14-9-20-5-6-27-16(28)8-13(23-17(14)27)12-3-4-21-10-22-12/h3-4,7-8,10,14,20H,5-6,9H2,1-2H3,(H,24,29). The Bertz CT molecular complexity index is 1150. The lowest BCUT2D eigenvalue weighted by atomic mass is 10.2. The minimum absolute atomic E-state index is 0.0555. The highest BCUT2D eigenvalue weighted by molar-refractivity contribution is 5.96. The van der Waals surface area contributed by atoms with Crippen molar-refractivity contribution in [2.24, 2.45) is 0 Å². The van der Waals surface area contributed by atoms with Crippen molar-refractivity contribution in [1.29, 1.82) is 0 Å². The number of methoxy groups -OCH3 is 2. The van der Waals surface area contributed by atoms with Gasteiger partial charge in [0, 0.05) is 38.0 Å². The van der Waals surface area contributed by atoms with Crippen molar-refractivity contribution in [1.82, 2.24) is 40.3 Å². The van der Waals surface area contributed by atoms with Crippen LogP contribution in [0.15, 0.2) is 35.5 Å². The third-order valence-corrected chi connectivity index (χ3v) is 4.74. The van der Waals surface area contributed by atoms with Crippen molar-refractivity contribution in [3.05, 3.63) is 52.5 Å². The lowest BCUT2D eigenvalue weighted by Crippen LogP contribution is -2.37. The molecule has 31 heavy (non-hydrogen) atoms. The van der Waals surface area contributed by atoms with Crippen molar-refractivity contribution in [2.45, 2.75) is 12.6 Å². The van der Waals surface area contributed by atoms with Crippen molar-refractivity contribution in [2.75, 3.05) is 27.3 Å². The SMILES string of the molecule is COc1cc(C(=O)NC2CNCCn3c2nc(-c2ccncn2)cc3=O)c(OC)nn1. The predicted octanol–water partition coefficient (Wildman–Crippen LogP) is -0.418. The predicted molar refractivity (Wildman–Crippen MR) is 108 cm³/mol. The summed E-state index contributed by atoms with van der Waals surface area (Å²) in [4.78, 5) is 38.5. The molecule has 3 aromatic heterocycles. The van der Waals surface area contributed by atoms with Gasteiger partial charge in [-0.05, 0) is 6.07 Å². The molecule has 0 saturated carbocycles. The van der Waals surface area contributed by atoms with Crippen molar-refractivity contribution >= 4 is 5.91 Å². The van der Waals surface area contributed by atoms with Crippen LogP contribution in [0.1, 0.15) is 22.2 Å².